The van der Waals surface area contributed by atoms with Gasteiger partial charge in [-0.1, -0.05) is 61.9 Å². The Kier molecular flexibility index (Phi) is 7.47. The molecule has 0 N–H and O–H groups in total. The summed E-state index contributed by atoms with van der Waals surface area (Å²) in [7, 11) is 0. The largest absolute Gasteiger partial charge is 0.494 e. The van der Waals surface area contributed by atoms with E-state index < -0.39 is 0 Å². The molecule has 0 atom stereocenters. The van der Waals surface area contributed by atoms with Crippen LogP contribution < -0.4 is 4.74 Å². The molecule has 3 rings (SSSR count). The quantitative estimate of drug-likeness (QED) is 0.281. The lowest BCUT2D eigenvalue weighted by molar-refractivity contribution is 0.306. The third-order valence-electron chi connectivity index (χ3n) is 3.94. The van der Waals surface area contributed by atoms with Crippen molar-refractivity contribution in [1.29, 1.82) is 0 Å². The fourth-order valence-corrected chi connectivity index (χ4v) is 3.26. The van der Waals surface area contributed by atoms with Gasteiger partial charge in [0.2, 0.25) is 5.16 Å². The van der Waals surface area contributed by atoms with Gasteiger partial charge in [-0.25, -0.2) is 0 Å². The smallest absolute Gasteiger partial charge is 0.212 e. The Morgan fingerprint density at radius 3 is 2.67 bits per heavy atom. The summed E-state index contributed by atoms with van der Waals surface area (Å²) in [5.74, 6) is 1.73. The van der Waals surface area contributed by atoms with Crippen molar-refractivity contribution in [3.63, 3.8) is 0 Å². The summed E-state index contributed by atoms with van der Waals surface area (Å²) < 4.78 is 7.43. The van der Waals surface area contributed by atoms with Crippen LogP contribution in [0.5, 0.6) is 5.75 Å². The molecule has 27 heavy (non-hydrogen) atoms. The first kappa shape index (κ1) is 19.2. The van der Waals surface area contributed by atoms with Gasteiger partial charge in [0, 0.05) is 5.75 Å². The zero-order valence-electron chi connectivity index (χ0n) is 15.5. The van der Waals surface area contributed by atoms with Crippen LogP contribution in [0.3, 0.4) is 0 Å². The van der Waals surface area contributed by atoms with E-state index in [0.29, 0.717) is 0 Å². The summed E-state index contributed by atoms with van der Waals surface area (Å²) >= 11 is 1.61. The van der Waals surface area contributed by atoms with Crippen LogP contribution in [-0.2, 0) is 5.75 Å². The van der Waals surface area contributed by atoms with Gasteiger partial charge >= 0.3 is 0 Å². The summed E-state index contributed by atoms with van der Waals surface area (Å²) in [5, 5.41) is 13.4. The highest BCUT2D eigenvalue weighted by molar-refractivity contribution is 7.98. The number of benzene rings is 2. The predicted octanol–water partition coefficient (Wildman–Crippen LogP) is 5.02. The average Bonchev–Trinajstić information content (AvgIpc) is 3.17. The molecule has 3 aromatic rings. The van der Waals surface area contributed by atoms with Crippen molar-refractivity contribution in [2.75, 3.05) is 6.61 Å². The molecule has 0 amide bonds. The maximum atomic E-state index is 5.73. The number of ether oxygens (including phenoxy) is 1. The lowest BCUT2D eigenvalue weighted by Gasteiger charge is -2.05. The van der Waals surface area contributed by atoms with Gasteiger partial charge in [0.25, 0.3) is 0 Å². The summed E-state index contributed by atoms with van der Waals surface area (Å²) in [6.45, 7) is 2.96. The van der Waals surface area contributed by atoms with Crippen molar-refractivity contribution in [2.24, 2.45) is 5.10 Å². The van der Waals surface area contributed by atoms with E-state index in [1.165, 1.54) is 18.4 Å². The van der Waals surface area contributed by atoms with Crippen molar-refractivity contribution in [1.82, 2.24) is 14.9 Å². The van der Waals surface area contributed by atoms with Crippen molar-refractivity contribution >= 4 is 18.0 Å². The Morgan fingerprint density at radius 2 is 1.89 bits per heavy atom. The molecule has 2 aromatic carbocycles. The Hall–Kier alpha value is -2.60. The first-order valence-electron chi connectivity index (χ1n) is 9.19. The Labute approximate surface area is 164 Å². The topological polar surface area (TPSA) is 52.3 Å². The molecule has 1 aromatic heterocycles. The van der Waals surface area contributed by atoms with Crippen LogP contribution in [0.25, 0.3) is 0 Å². The van der Waals surface area contributed by atoms with Crippen molar-refractivity contribution in [3.05, 3.63) is 72.1 Å². The zero-order valence-corrected chi connectivity index (χ0v) is 16.3. The Balaban J connectivity index is 1.54. The standard InChI is InChI=1S/C21H24N4OS/c1-2-3-7-14-26-20-12-10-18(11-13-20)15-23-25-17-22-24-21(25)27-16-19-8-5-4-6-9-19/h4-6,8-13,15,17H,2-3,7,14,16H2,1H3/b23-15+. The van der Waals surface area contributed by atoms with Gasteiger partial charge in [-0.15, -0.1) is 10.2 Å². The summed E-state index contributed by atoms with van der Waals surface area (Å²) in [5.41, 5.74) is 2.25. The van der Waals surface area contributed by atoms with E-state index >= 15 is 0 Å². The molecule has 0 saturated heterocycles. The monoisotopic (exact) mass is 380 g/mol. The molecule has 5 nitrogen and oxygen atoms in total. The summed E-state index contributed by atoms with van der Waals surface area (Å²) in [6.07, 6.45) is 6.92. The lowest BCUT2D eigenvalue weighted by atomic mass is 10.2. The minimum atomic E-state index is 0.768. The minimum absolute atomic E-state index is 0.768. The predicted molar refractivity (Wildman–Crippen MR) is 110 cm³/mol. The minimum Gasteiger partial charge on any atom is -0.494 e. The first-order valence-corrected chi connectivity index (χ1v) is 10.2. The second kappa shape index (κ2) is 10.5. The van der Waals surface area contributed by atoms with Crippen LogP contribution >= 0.6 is 11.8 Å². The van der Waals surface area contributed by atoms with Crippen molar-refractivity contribution in [2.45, 2.75) is 37.1 Å². The molecule has 0 spiro atoms. The van der Waals surface area contributed by atoms with Crippen molar-refractivity contribution < 1.29 is 4.74 Å². The second-order valence-electron chi connectivity index (χ2n) is 6.10. The van der Waals surface area contributed by atoms with Crippen LogP contribution in [0.15, 0.2) is 71.2 Å². The van der Waals surface area contributed by atoms with Crippen LogP contribution in [0.1, 0.15) is 37.3 Å². The molecule has 1 heterocycles. The van der Waals surface area contributed by atoms with Gasteiger partial charge < -0.3 is 4.74 Å². The van der Waals surface area contributed by atoms with E-state index in [-0.39, 0.29) is 0 Å². The molecule has 0 aliphatic carbocycles. The molecule has 6 heteroatoms. The first-order chi connectivity index (χ1) is 13.3. The fourth-order valence-electron chi connectivity index (χ4n) is 2.44. The van der Waals surface area contributed by atoms with E-state index in [1.54, 1.807) is 29.0 Å². The van der Waals surface area contributed by atoms with E-state index in [2.05, 4.69) is 34.4 Å². The van der Waals surface area contributed by atoms with Gasteiger partial charge in [0.05, 0.1) is 12.8 Å². The molecule has 0 bridgehead atoms. The highest BCUT2D eigenvalue weighted by atomic mass is 32.2. The van der Waals surface area contributed by atoms with Crippen LogP contribution in [-0.4, -0.2) is 27.7 Å². The molecule has 0 fully saturated rings. The molecule has 0 aliphatic heterocycles. The highest BCUT2D eigenvalue weighted by Gasteiger charge is 2.04. The maximum Gasteiger partial charge on any atom is 0.212 e. The third-order valence-corrected chi connectivity index (χ3v) is 4.94. The van der Waals surface area contributed by atoms with Gasteiger partial charge in [-0.05, 0) is 41.8 Å². The summed E-state index contributed by atoms with van der Waals surface area (Å²) in [4.78, 5) is 0. The average molecular weight is 381 g/mol. The molecule has 0 saturated carbocycles. The fraction of sp³-hybridized carbons (Fsp3) is 0.286. The van der Waals surface area contributed by atoms with E-state index in [1.807, 2.05) is 42.5 Å². The van der Waals surface area contributed by atoms with Gasteiger partial charge in [0.1, 0.15) is 12.1 Å². The van der Waals surface area contributed by atoms with Gasteiger partial charge in [0.15, 0.2) is 0 Å². The molecular formula is C21H24N4OS. The van der Waals surface area contributed by atoms with Crippen molar-refractivity contribution in [3.8, 4) is 5.75 Å². The van der Waals surface area contributed by atoms with E-state index in [4.69, 9.17) is 4.74 Å². The van der Waals surface area contributed by atoms with Crippen LogP contribution in [0.4, 0.5) is 0 Å². The number of hydrogen-bond acceptors (Lipinski definition) is 5. The van der Waals surface area contributed by atoms with E-state index in [0.717, 1.165) is 35.2 Å². The number of nitrogens with zero attached hydrogens (tertiary/aromatic N) is 4. The number of aromatic nitrogens is 3. The number of rotatable bonds is 10. The number of thioether (sulfide) groups is 1. The summed E-state index contributed by atoms with van der Waals surface area (Å²) in [6, 6.07) is 18.2. The molecule has 0 unspecified atom stereocenters. The van der Waals surface area contributed by atoms with Gasteiger partial charge in [-0.3, -0.25) is 0 Å². The highest BCUT2D eigenvalue weighted by Crippen LogP contribution is 2.20. The van der Waals surface area contributed by atoms with Crippen LogP contribution in [0, 0.1) is 0 Å². The maximum absolute atomic E-state index is 5.73. The molecule has 0 aliphatic rings. The normalized spacial score (nSPS) is 11.1. The Bertz CT molecular complexity index is 831. The second-order valence-corrected chi connectivity index (χ2v) is 7.04. The molecule has 0 radical (unpaired) electrons. The SMILES string of the molecule is CCCCCOc1ccc(/C=N/n2cnnc2SCc2ccccc2)cc1. The Morgan fingerprint density at radius 1 is 1.07 bits per heavy atom. The van der Waals surface area contributed by atoms with Crippen LogP contribution in [0.2, 0.25) is 0 Å². The molecular weight excluding hydrogens is 356 g/mol. The van der Waals surface area contributed by atoms with E-state index in [9.17, 15) is 0 Å². The number of unbranched alkanes of at least 4 members (excludes halogenated alkanes) is 2. The van der Waals surface area contributed by atoms with Gasteiger partial charge in [-0.2, -0.15) is 9.78 Å². The molecule has 140 valence electrons. The third kappa shape index (κ3) is 6.25. The number of hydrogen-bond donors (Lipinski definition) is 0. The lowest BCUT2D eigenvalue weighted by Crippen LogP contribution is -1.97. The zero-order chi connectivity index (χ0) is 18.7.